The highest BCUT2D eigenvalue weighted by atomic mass is 15.3. The summed E-state index contributed by atoms with van der Waals surface area (Å²) in [4.78, 5) is 0. The SMILES string of the molecule is CNCc1c2c(nn1C)CCNCC2. The fourth-order valence-corrected chi connectivity index (χ4v) is 2.09. The Hall–Kier alpha value is -0.870. The second kappa shape index (κ2) is 4.11. The maximum absolute atomic E-state index is 4.57. The van der Waals surface area contributed by atoms with Gasteiger partial charge in [-0.1, -0.05) is 0 Å². The first kappa shape index (κ1) is 9.68. The fourth-order valence-electron chi connectivity index (χ4n) is 2.09. The molecule has 0 spiro atoms. The molecule has 0 bridgehead atoms. The first-order valence-electron chi connectivity index (χ1n) is 5.22. The van der Waals surface area contributed by atoms with E-state index in [0.29, 0.717) is 0 Å². The Morgan fingerprint density at radius 1 is 1.43 bits per heavy atom. The van der Waals surface area contributed by atoms with Gasteiger partial charge in [-0.25, -0.2) is 0 Å². The average Bonchev–Trinajstić information content (AvgIpc) is 2.39. The van der Waals surface area contributed by atoms with Crippen LogP contribution in [0.5, 0.6) is 0 Å². The van der Waals surface area contributed by atoms with Crippen molar-refractivity contribution >= 4 is 0 Å². The average molecular weight is 194 g/mol. The quantitative estimate of drug-likeness (QED) is 0.687. The molecule has 0 radical (unpaired) electrons. The van der Waals surface area contributed by atoms with E-state index < -0.39 is 0 Å². The third kappa shape index (κ3) is 1.67. The molecule has 2 rings (SSSR count). The van der Waals surface area contributed by atoms with E-state index >= 15 is 0 Å². The standard InChI is InChI=1S/C10H18N4/c1-11-7-10-8-3-5-12-6-4-9(8)13-14(10)2/h11-12H,3-7H2,1-2H3. The van der Waals surface area contributed by atoms with Crippen LogP contribution in [0, 0.1) is 0 Å². The molecule has 14 heavy (non-hydrogen) atoms. The fraction of sp³-hybridized carbons (Fsp3) is 0.700. The number of aryl methyl sites for hydroxylation is 1. The first-order valence-corrected chi connectivity index (χ1v) is 5.22. The summed E-state index contributed by atoms with van der Waals surface area (Å²) in [6, 6.07) is 0. The predicted molar refractivity (Wildman–Crippen MR) is 56.2 cm³/mol. The second-order valence-electron chi connectivity index (χ2n) is 3.78. The Kier molecular flexibility index (Phi) is 2.84. The Labute approximate surface area is 84.7 Å². The molecule has 0 atom stereocenters. The van der Waals surface area contributed by atoms with Gasteiger partial charge in [-0.05, 0) is 25.6 Å². The number of nitrogens with zero attached hydrogens (tertiary/aromatic N) is 2. The monoisotopic (exact) mass is 194 g/mol. The van der Waals surface area contributed by atoms with Crippen LogP contribution in [0.3, 0.4) is 0 Å². The number of aromatic nitrogens is 2. The van der Waals surface area contributed by atoms with Crippen molar-refractivity contribution in [1.82, 2.24) is 20.4 Å². The molecule has 0 amide bonds. The van der Waals surface area contributed by atoms with Crippen molar-refractivity contribution in [2.75, 3.05) is 20.1 Å². The van der Waals surface area contributed by atoms with Crippen LogP contribution in [-0.4, -0.2) is 29.9 Å². The van der Waals surface area contributed by atoms with Crippen LogP contribution in [-0.2, 0) is 26.4 Å². The van der Waals surface area contributed by atoms with Gasteiger partial charge >= 0.3 is 0 Å². The van der Waals surface area contributed by atoms with E-state index in [1.165, 1.54) is 17.0 Å². The zero-order valence-electron chi connectivity index (χ0n) is 8.93. The lowest BCUT2D eigenvalue weighted by Crippen LogP contribution is -2.18. The van der Waals surface area contributed by atoms with Crippen LogP contribution in [0.25, 0.3) is 0 Å². The molecule has 0 aromatic carbocycles. The summed E-state index contributed by atoms with van der Waals surface area (Å²) < 4.78 is 2.02. The van der Waals surface area contributed by atoms with E-state index in [9.17, 15) is 0 Å². The molecule has 0 saturated heterocycles. The molecule has 1 aromatic heterocycles. The Bertz CT molecular complexity index is 316. The van der Waals surface area contributed by atoms with E-state index in [1.807, 2.05) is 18.8 Å². The van der Waals surface area contributed by atoms with Gasteiger partial charge in [0.05, 0.1) is 11.4 Å². The van der Waals surface area contributed by atoms with Crippen LogP contribution < -0.4 is 10.6 Å². The van der Waals surface area contributed by atoms with Crippen molar-refractivity contribution in [2.45, 2.75) is 19.4 Å². The summed E-state index contributed by atoms with van der Waals surface area (Å²) in [5.41, 5.74) is 4.07. The van der Waals surface area contributed by atoms with Gasteiger partial charge in [0.1, 0.15) is 0 Å². The molecular formula is C10H18N4. The summed E-state index contributed by atoms with van der Waals surface area (Å²) in [6.45, 7) is 3.05. The molecular weight excluding hydrogens is 176 g/mol. The third-order valence-corrected chi connectivity index (χ3v) is 2.79. The molecule has 0 unspecified atom stereocenters. The van der Waals surface area contributed by atoms with Crippen LogP contribution in [0.4, 0.5) is 0 Å². The van der Waals surface area contributed by atoms with Crippen molar-refractivity contribution < 1.29 is 0 Å². The van der Waals surface area contributed by atoms with Crippen molar-refractivity contribution in [2.24, 2.45) is 7.05 Å². The lowest BCUT2D eigenvalue weighted by Gasteiger charge is -2.04. The van der Waals surface area contributed by atoms with Gasteiger partial charge in [0.15, 0.2) is 0 Å². The van der Waals surface area contributed by atoms with Crippen molar-refractivity contribution in [3.05, 3.63) is 17.0 Å². The van der Waals surface area contributed by atoms with Gasteiger partial charge in [-0.15, -0.1) is 0 Å². The number of fused-ring (bicyclic) bond motifs is 1. The minimum atomic E-state index is 0.916. The summed E-state index contributed by atoms with van der Waals surface area (Å²) in [6.07, 6.45) is 2.17. The molecule has 2 N–H and O–H groups in total. The molecule has 2 heterocycles. The zero-order valence-corrected chi connectivity index (χ0v) is 8.93. The Morgan fingerprint density at radius 2 is 2.21 bits per heavy atom. The normalized spacial score (nSPS) is 16.4. The van der Waals surface area contributed by atoms with Gasteiger partial charge in [0.25, 0.3) is 0 Å². The molecule has 0 fully saturated rings. The van der Waals surface area contributed by atoms with Crippen LogP contribution >= 0.6 is 0 Å². The van der Waals surface area contributed by atoms with Crippen molar-refractivity contribution in [1.29, 1.82) is 0 Å². The summed E-state index contributed by atoms with van der Waals surface area (Å²) >= 11 is 0. The van der Waals surface area contributed by atoms with E-state index in [0.717, 1.165) is 32.5 Å². The minimum absolute atomic E-state index is 0.916. The number of hydrogen-bond donors (Lipinski definition) is 2. The molecule has 4 nitrogen and oxygen atoms in total. The first-order chi connectivity index (χ1) is 6.83. The van der Waals surface area contributed by atoms with Crippen molar-refractivity contribution in [3.63, 3.8) is 0 Å². The van der Waals surface area contributed by atoms with Crippen LogP contribution in [0.15, 0.2) is 0 Å². The summed E-state index contributed by atoms with van der Waals surface area (Å²) in [5, 5.41) is 11.2. The zero-order chi connectivity index (χ0) is 9.97. The summed E-state index contributed by atoms with van der Waals surface area (Å²) in [5.74, 6) is 0. The van der Waals surface area contributed by atoms with Gasteiger partial charge in [-0.3, -0.25) is 4.68 Å². The van der Waals surface area contributed by atoms with E-state index in [2.05, 4.69) is 15.7 Å². The van der Waals surface area contributed by atoms with Gasteiger partial charge < -0.3 is 10.6 Å². The maximum atomic E-state index is 4.57. The molecule has 0 saturated carbocycles. The molecule has 4 heteroatoms. The smallest absolute Gasteiger partial charge is 0.0673 e. The van der Waals surface area contributed by atoms with Crippen LogP contribution in [0.2, 0.25) is 0 Å². The molecule has 1 aromatic rings. The minimum Gasteiger partial charge on any atom is -0.316 e. The lowest BCUT2D eigenvalue weighted by atomic mass is 10.1. The third-order valence-electron chi connectivity index (χ3n) is 2.79. The molecule has 1 aliphatic heterocycles. The van der Waals surface area contributed by atoms with E-state index in [-0.39, 0.29) is 0 Å². The Balaban J connectivity index is 2.33. The highest BCUT2D eigenvalue weighted by molar-refractivity contribution is 5.28. The number of rotatable bonds is 2. The van der Waals surface area contributed by atoms with Gasteiger partial charge in [0, 0.05) is 26.6 Å². The molecule has 0 aliphatic carbocycles. The topological polar surface area (TPSA) is 41.9 Å². The van der Waals surface area contributed by atoms with E-state index in [4.69, 9.17) is 0 Å². The number of nitrogens with one attached hydrogen (secondary N) is 2. The highest BCUT2D eigenvalue weighted by Gasteiger charge is 2.16. The second-order valence-corrected chi connectivity index (χ2v) is 3.78. The maximum Gasteiger partial charge on any atom is 0.0673 e. The van der Waals surface area contributed by atoms with Gasteiger partial charge in [0.2, 0.25) is 0 Å². The van der Waals surface area contributed by atoms with Gasteiger partial charge in [-0.2, -0.15) is 5.10 Å². The molecule has 78 valence electrons. The molecule has 1 aliphatic rings. The predicted octanol–water partition coefficient (Wildman–Crippen LogP) is -0.172. The largest absolute Gasteiger partial charge is 0.316 e. The van der Waals surface area contributed by atoms with E-state index in [1.54, 1.807) is 0 Å². The van der Waals surface area contributed by atoms with Crippen molar-refractivity contribution in [3.8, 4) is 0 Å². The summed E-state index contributed by atoms with van der Waals surface area (Å²) in [7, 11) is 4.02. The lowest BCUT2D eigenvalue weighted by molar-refractivity contribution is 0.640. The van der Waals surface area contributed by atoms with Crippen LogP contribution in [0.1, 0.15) is 17.0 Å². The Morgan fingerprint density at radius 3 is 3.00 bits per heavy atom. The highest BCUT2D eigenvalue weighted by Crippen LogP contribution is 2.16. The number of hydrogen-bond acceptors (Lipinski definition) is 3.